The summed E-state index contributed by atoms with van der Waals surface area (Å²) in [5.74, 6) is 5.58. The van der Waals surface area contributed by atoms with Gasteiger partial charge in [0.15, 0.2) is 0 Å². The van der Waals surface area contributed by atoms with Crippen LogP contribution < -0.4 is 16.6 Å². The van der Waals surface area contributed by atoms with E-state index in [-0.39, 0.29) is 12.2 Å². The van der Waals surface area contributed by atoms with Gasteiger partial charge in [-0.15, -0.1) is 0 Å². The highest BCUT2D eigenvalue weighted by molar-refractivity contribution is 5.67. The molecule has 0 aliphatic carbocycles. The number of rotatable bonds is 5. The van der Waals surface area contributed by atoms with Crippen molar-refractivity contribution in [1.82, 2.24) is 10.3 Å². The number of aliphatic hydroxyl groups excluding tert-OH is 2. The summed E-state index contributed by atoms with van der Waals surface area (Å²) in [5.41, 5.74) is 1.95. The highest BCUT2D eigenvalue weighted by Gasteiger charge is 2.22. The van der Waals surface area contributed by atoms with E-state index >= 15 is 0 Å². The molecule has 118 valence electrons. The summed E-state index contributed by atoms with van der Waals surface area (Å²) in [6, 6.07) is 4.79. The van der Waals surface area contributed by atoms with Gasteiger partial charge in [0.2, 0.25) is 0 Å². The predicted octanol–water partition coefficient (Wildman–Crippen LogP) is 0.286. The minimum Gasteiger partial charge on any atom is -0.444 e. The Morgan fingerprint density at radius 3 is 2.67 bits per heavy atom. The molecule has 1 amide bonds. The van der Waals surface area contributed by atoms with Gasteiger partial charge in [-0.2, -0.15) is 0 Å². The van der Waals surface area contributed by atoms with Crippen molar-refractivity contribution in [2.45, 2.75) is 38.6 Å². The van der Waals surface area contributed by atoms with Gasteiger partial charge in [0, 0.05) is 6.54 Å². The largest absolute Gasteiger partial charge is 0.444 e. The molecule has 0 aromatic carbocycles. The number of nitrogens with zero attached hydrogens (tertiary/aromatic N) is 1. The summed E-state index contributed by atoms with van der Waals surface area (Å²) < 4.78 is 5.03. The first-order valence-corrected chi connectivity index (χ1v) is 6.49. The number of hydrogen-bond acceptors (Lipinski definition) is 7. The lowest BCUT2D eigenvalue weighted by molar-refractivity contribution is 0.0109. The average Bonchev–Trinajstić information content (AvgIpc) is 2.42. The van der Waals surface area contributed by atoms with Gasteiger partial charge in [0.25, 0.3) is 0 Å². The number of hydrazine groups is 1. The van der Waals surface area contributed by atoms with Crippen molar-refractivity contribution in [1.29, 1.82) is 0 Å². The van der Waals surface area contributed by atoms with Gasteiger partial charge in [0.05, 0.1) is 5.69 Å². The molecule has 0 saturated heterocycles. The lowest BCUT2D eigenvalue weighted by Crippen LogP contribution is -2.39. The van der Waals surface area contributed by atoms with Crippen LogP contribution in [0.3, 0.4) is 0 Å². The first-order valence-electron chi connectivity index (χ1n) is 6.49. The fourth-order valence-corrected chi connectivity index (χ4v) is 1.51. The molecule has 0 fully saturated rings. The van der Waals surface area contributed by atoms with Crippen LogP contribution in [-0.2, 0) is 4.74 Å². The SMILES string of the molecule is CC(C)(C)OC(=O)NCC(O)C(O)c1cccc(NN)n1. The third kappa shape index (κ3) is 5.94. The van der Waals surface area contributed by atoms with E-state index in [2.05, 4.69) is 15.7 Å². The van der Waals surface area contributed by atoms with E-state index in [4.69, 9.17) is 10.6 Å². The average molecular weight is 298 g/mol. The fourth-order valence-electron chi connectivity index (χ4n) is 1.51. The Hall–Kier alpha value is -1.90. The summed E-state index contributed by atoms with van der Waals surface area (Å²) in [5, 5.41) is 22.2. The minimum atomic E-state index is -1.26. The van der Waals surface area contributed by atoms with Gasteiger partial charge in [0.1, 0.15) is 23.6 Å². The number of nitrogen functional groups attached to an aromatic ring is 1. The van der Waals surface area contributed by atoms with Gasteiger partial charge in [-0.05, 0) is 32.9 Å². The standard InChI is InChI=1S/C13H22N4O4/c1-13(2,3)21-12(20)15-7-9(18)11(19)8-5-4-6-10(16-8)17-14/h4-6,9,11,18-19H,7,14H2,1-3H3,(H,15,20)(H,16,17). The number of aliphatic hydroxyl groups is 2. The maximum Gasteiger partial charge on any atom is 0.407 e. The number of nitrogens with one attached hydrogen (secondary N) is 2. The van der Waals surface area contributed by atoms with Crippen molar-refractivity contribution >= 4 is 11.9 Å². The second-order valence-electron chi connectivity index (χ2n) is 5.49. The minimum absolute atomic E-state index is 0.169. The van der Waals surface area contributed by atoms with Crippen LogP contribution in [0.1, 0.15) is 32.6 Å². The molecule has 0 aliphatic rings. The maximum absolute atomic E-state index is 11.5. The van der Waals surface area contributed by atoms with Crippen molar-refractivity contribution < 1.29 is 19.7 Å². The number of amides is 1. The van der Waals surface area contributed by atoms with Crippen LogP contribution in [0.15, 0.2) is 18.2 Å². The zero-order valence-corrected chi connectivity index (χ0v) is 12.3. The van der Waals surface area contributed by atoms with Crippen LogP contribution in [0.25, 0.3) is 0 Å². The zero-order valence-electron chi connectivity index (χ0n) is 12.3. The number of pyridine rings is 1. The van der Waals surface area contributed by atoms with E-state index in [9.17, 15) is 15.0 Å². The van der Waals surface area contributed by atoms with Gasteiger partial charge in [-0.25, -0.2) is 15.6 Å². The van der Waals surface area contributed by atoms with Crippen LogP contribution in [0.4, 0.5) is 10.6 Å². The van der Waals surface area contributed by atoms with E-state index in [0.717, 1.165) is 0 Å². The van der Waals surface area contributed by atoms with Crippen molar-refractivity contribution in [2.24, 2.45) is 5.84 Å². The van der Waals surface area contributed by atoms with E-state index in [1.54, 1.807) is 39.0 Å². The second kappa shape index (κ2) is 7.21. The molecule has 1 aromatic rings. The molecule has 0 bridgehead atoms. The lowest BCUT2D eigenvalue weighted by atomic mass is 10.1. The molecular formula is C13H22N4O4. The Balaban J connectivity index is 2.54. The smallest absolute Gasteiger partial charge is 0.407 e. The van der Waals surface area contributed by atoms with E-state index in [1.807, 2.05) is 0 Å². The summed E-state index contributed by atoms with van der Waals surface area (Å²) >= 11 is 0. The summed E-state index contributed by atoms with van der Waals surface area (Å²) in [7, 11) is 0. The van der Waals surface area contributed by atoms with Crippen LogP contribution >= 0.6 is 0 Å². The number of alkyl carbamates (subject to hydrolysis) is 1. The first kappa shape index (κ1) is 17.2. The first-order chi connectivity index (χ1) is 9.73. The maximum atomic E-state index is 11.5. The van der Waals surface area contributed by atoms with Crippen LogP contribution in [0.2, 0.25) is 0 Å². The predicted molar refractivity (Wildman–Crippen MR) is 77.3 cm³/mol. The van der Waals surface area contributed by atoms with Crippen LogP contribution in [0.5, 0.6) is 0 Å². The molecule has 0 saturated carbocycles. The summed E-state index contributed by atoms with van der Waals surface area (Å²) in [4.78, 5) is 15.5. The van der Waals surface area contributed by atoms with Gasteiger partial charge >= 0.3 is 6.09 Å². The molecule has 1 heterocycles. The fraction of sp³-hybridized carbons (Fsp3) is 0.538. The quantitative estimate of drug-likeness (QED) is 0.390. The number of carbonyl (C=O) groups is 1. The monoisotopic (exact) mass is 298 g/mol. The van der Waals surface area contributed by atoms with Gasteiger partial charge in [-0.1, -0.05) is 6.07 Å². The number of hydrogen-bond donors (Lipinski definition) is 5. The highest BCUT2D eigenvalue weighted by atomic mass is 16.6. The molecule has 21 heavy (non-hydrogen) atoms. The molecule has 8 heteroatoms. The van der Waals surface area contributed by atoms with E-state index in [0.29, 0.717) is 5.82 Å². The summed E-state index contributed by atoms with van der Waals surface area (Å²) in [6.45, 7) is 5.02. The Labute approximate surface area is 123 Å². The zero-order chi connectivity index (χ0) is 16.0. The third-order valence-corrected chi connectivity index (χ3v) is 2.44. The molecule has 6 N–H and O–H groups in total. The van der Waals surface area contributed by atoms with Crippen molar-refractivity contribution in [2.75, 3.05) is 12.0 Å². The molecule has 2 atom stereocenters. The topological polar surface area (TPSA) is 130 Å². The number of nitrogens with two attached hydrogens (primary N) is 1. The normalized spacial score (nSPS) is 14.2. The van der Waals surface area contributed by atoms with E-state index < -0.39 is 23.9 Å². The number of carbonyl (C=O) groups excluding carboxylic acids is 1. The third-order valence-electron chi connectivity index (χ3n) is 2.44. The number of ether oxygens (including phenoxy) is 1. The number of aromatic nitrogens is 1. The Kier molecular flexibility index (Phi) is 5.89. The highest BCUT2D eigenvalue weighted by Crippen LogP contribution is 2.16. The Morgan fingerprint density at radius 1 is 1.43 bits per heavy atom. The van der Waals surface area contributed by atoms with Crippen molar-refractivity contribution in [3.05, 3.63) is 23.9 Å². The van der Waals surface area contributed by atoms with Crippen LogP contribution in [0, 0.1) is 0 Å². The van der Waals surface area contributed by atoms with Gasteiger partial charge in [-0.3, -0.25) is 0 Å². The molecule has 1 aromatic heterocycles. The molecule has 0 aliphatic heterocycles. The molecule has 2 unspecified atom stereocenters. The summed E-state index contributed by atoms with van der Waals surface area (Å²) in [6.07, 6.45) is -3.15. The molecule has 0 spiro atoms. The molecule has 8 nitrogen and oxygen atoms in total. The lowest BCUT2D eigenvalue weighted by Gasteiger charge is -2.22. The molecular weight excluding hydrogens is 276 g/mol. The number of anilines is 1. The second-order valence-corrected chi connectivity index (χ2v) is 5.49. The molecule has 0 radical (unpaired) electrons. The Bertz CT molecular complexity index is 475. The van der Waals surface area contributed by atoms with E-state index in [1.165, 1.54) is 0 Å². The Morgan fingerprint density at radius 2 is 2.10 bits per heavy atom. The molecule has 1 rings (SSSR count). The van der Waals surface area contributed by atoms with Crippen molar-refractivity contribution in [3.8, 4) is 0 Å². The van der Waals surface area contributed by atoms with Crippen molar-refractivity contribution in [3.63, 3.8) is 0 Å². The van der Waals surface area contributed by atoms with Crippen LogP contribution in [-0.4, -0.2) is 39.5 Å². The van der Waals surface area contributed by atoms with Gasteiger partial charge < -0.3 is 25.7 Å².